The van der Waals surface area contributed by atoms with Gasteiger partial charge in [0.05, 0.1) is 12.7 Å². The van der Waals surface area contributed by atoms with E-state index >= 15 is 0 Å². The number of nitrogens with zero attached hydrogens (tertiary/aromatic N) is 1. The van der Waals surface area contributed by atoms with Crippen LogP contribution < -0.4 is 0 Å². The number of nitriles is 1. The molecule has 0 N–H and O–H groups in total. The first-order valence-electron chi connectivity index (χ1n) is 8.90. The summed E-state index contributed by atoms with van der Waals surface area (Å²) in [5, 5.41) is 9.83. The van der Waals surface area contributed by atoms with Gasteiger partial charge in [0.25, 0.3) is 0 Å². The van der Waals surface area contributed by atoms with Crippen molar-refractivity contribution in [1.29, 1.82) is 5.26 Å². The van der Waals surface area contributed by atoms with Gasteiger partial charge in [-0.05, 0) is 23.6 Å². The van der Waals surface area contributed by atoms with Crippen LogP contribution in [0.1, 0.15) is 31.9 Å². The van der Waals surface area contributed by atoms with Gasteiger partial charge in [-0.2, -0.15) is 5.26 Å². The fourth-order valence-electron chi connectivity index (χ4n) is 3.79. The standard InChI is InChI=1S/C23H23NO2/c1-4-26-21(25)23(16-24)20(22(23,2)3)15-19(17-11-7-5-8-12-17)18-13-9-6-10-14-18/h5-15,20H,4H2,1-3H3. The molecule has 2 aromatic rings. The van der Waals surface area contributed by atoms with E-state index in [2.05, 4.69) is 12.1 Å². The highest BCUT2D eigenvalue weighted by Crippen LogP contribution is 2.70. The molecule has 0 saturated heterocycles. The van der Waals surface area contributed by atoms with Gasteiger partial charge in [-0.1, -0.05) is 80.6 Å². The molecule has 3 heteroatoms. The first kappa shape index (κ1) is 17.9. The average Bonchev–Trinajstić information content (AvgIpc) is 3.16. The number of esters is 1. The third kappa shape index (κ3) is 2.72. The summed E-state index contributed by atoms with van der Waals surface area (Å²) in [7, 11) is 0. The predicted octanol–water partition coefficient (Wildman–Crippen LogP) is 4.85. The summed E-state index contributed by atoms with van der Waals surface area (Å²) >= 11 is 0. The third-order valence-electron chi connectivity index (χ3n) is 5.45. The smallest absolute Gasteiger partial charge is 0.327 e. The fraction of sp³-hybridized carbons (Fsp3) is 0.304. The second-order valence-corrected chi connectivity index (χ2v) is 7.15. The molecular weight excluding hydrogens is 322 g/mol. The second kappa shape index (κ2) is 6.80. The quantitative estimate of drug-likeness (QED) is 0.728. The van der Waals surface area contributed by atoms with Crippen molar-refractivity contribution in [2.45, 2.75) is 20.8 Å². The van der Waals surface area contributed by atoms with Crippen LogP contribution in [0.15, 0.2) is 66.7 Å². The SMILES string of the molecule is CCOC(=O)C1(C#N)C(C=C(c2ccccc2)c2ccccc2)C1(C)C. The van der Waals surface area contributed by atoms with Crippen molar-refractivity contribution in [3.05, 3.63) is 77.9 Å². The molecule has 1 aliphatic carbocycles. The van der Waals surface area contributed by atoms with Gasteiger partial charge in [-0.3, -0.25) is 4.79 Å². The minimum atomic E-state index is -1.13. The maximum absolute atomic E-state index is 12.6. The van der Waals surface area contributed by atoms with E-state index in [1.54, 1.807) is 6.92 Å². The molecule has 1 fully saturated rings. The lowest BCUT2D eigenvalue weighted by Crippen LogP contribution is -2.23. The second-order valence-electron chi connectivity index (χ2n) is 7.15. The summed E-state index contributed by atoms with van der Waals surface area (Å²) in [4.78, 5) is 12.6. The molecule has 3 nitrogen and oxygen atoms in total. The van der Waals surface area contributed by atoms with Crippen LogP contribution in [0.5, 0.6) is 0 Å². The van der Waals surface area contributed by atoms with Crippen molar-refractivity contribution in [3.8, 4) is 6.07 Å². The minimum Gasteiger partial charge on any atom is -0.465 e. The predicted molar refractivity (Wildman–Crippen MR) is 102 cm³/mol. The van der Waals surface area contributed by atoms with Gasteiger partial charge in [0, 0.05) is 11.3 Å². The summed E-state index contributed by atoms with van der Waals surface area (Å²) in [5.74, 6) is -0.622. The Labute approximate surface area is 154 Å². The Morgan fingerprint density at radius 1 is 1.08 bits per heavy atom. The van der Waals surface area contributed by atoms with Crippen molar-refractivity contribution in [2.24, 2.45) is 16.7 Å². The largest absolute Gasteiger partial charge is 0.465 e. The molecule has 3 rings (SSSR count). The molecule has 2 atom stereocenters. The number of allylic oxidation sites excluding steroid dienone is 1. The van der Waals surface area contributed by atoms with Crippen molar-refractivity contribution in [2.75, 3.05) is 6.61 Å². The maximum atomic E-state index is 12.6. The summed E-state index contributed by atoms with van der Waals surface area (Å²) in [6.45, 7) is 5.96. The van der Waals surface area contributed by atoms with Gasteiger partial charge in [0.1, 0.15) is 0 Å². The Morgan fingerprint density at radius 3 is 2.00 bits per heavy atom. The molecule has 2 aromatic carbocycles. The summed E-state index contributed by atoms with van der Waals surface area (Å²) < 4.78 is 5.23. The van der Waals surface area contributed by atoms with Crippen LogP contribution in [-0.2, 0) is 9.53 Å². The van der Waals surface area contributed by atoms with E-state index in [-0.39, 0.29) is 12.5 Å². The molecule has 0 spiro atoms. The first-order valence-corrected chi connectivity index (χ1v) is 8.90. The highest BCUT2D eigenvalue weighted by molar-refractivity contribution is 5.89. The van der Waals surface area contributed by atoms with Gasteiger partial charge in [-0.25, -0.2) is 0 Å². The zero-order valence-corrected chi connectivity index (χ0v) is 15.4. The van der Waals surface area contributed by atoms with Crippen LogP contribution in [0.2, 0.25) is 0 Å². The van der Waals surface area contributed by atoms with Gasteiger partial charge in [0.15, 0.2) is 5.41 Å². The molecule has 0 amide bonds. The number of carbonyl (C=O) groups excluding carboxylic acids is 1. The van der Waals surface area contributed by atoms with Crippen molar-refractivity contribution in [3.63, 3.8) is 0 Å². The minimum absolute atomic E-state index is 0.200. The van der Waals surface area contributed by atoms with Crippen LogP contribution in [0.25, 0.3) is 5.57 Å². The van der Waals surface area contributed by atoms with E-state index < -0.39 is 16.8 Å². The lowest BCUT2D eigenvalue weighted by atomic mass is 9.95. The van der Waals surface area contributed by atoms with Crippen molar-refractivity contribution in [1.82, 2.24) is 0 Å². The molecule has 0 bridgehead atoms. The third-order valence-corrected chi connectivity index (χ3v) is 5.45. The van der Waals surface area contributed by atoms with Crippen molar-refractivity contribution >= 4 is 11.5 Å². The van der Waals surface area contributed by atoms with Crippen LogP contribution in [0.4, 0.5) is 0 Å². The Morgan fingerprint density at radius 2 is 1.58 bits per heavy atom. The topological polar surface area (TPSA) is 50.1 Å². The number of benzene rings is 2. The van der Waals surface area contributed by atoms with Crippen LogP contribution in [0, 0.1) is 28.1 Å². The molecule has 0 aliphatic heterocycles. The maximum Gasteiger partial charge on any atom is 0.327 e. The Balaban J connectivity index is 2.10. The molecule has 1 saturated carbocycles. The number of carbonyl (C=O) groups is 1. The summed E-state index contributed by atoms with van der Waals surface area (Å²) in [5.41, 5.74) is 1.57. The highest BCUT2D eigenvalue weighted by Gasteiger charge is 2.76. The molecule has 1 aliphatic rings. The van der Waals surface area contributed by atoms with Gasteiger partial charge < -0.3 is 4.74 Å². The van der Waals surface area contributed by atoms with Gasteiger partial charge >= 0.3 is 5.97 Å². The molecule has 26 heavy (non-hydrogen) atoms. The van der Waals surface area contributed by atoms with E-state index in [1.165, 1.54) is 0 Å². The Bertz CT molecular complexity index is 821. The molecular formula is C23H23NO2. The fourth-order valence-corrected chi connectivity index (χ4v) is 3.79. The number of ether oxygens (including phenoxy) is 1. The van der Waals surface area contributed by atoms with Gasteiger partial charge in [-0.15, -0.1) is 0 Å². The van der Waals surface area contributed by atoms with Crippen molar-refractivity contribution < 1.29 is 9.53 Å². The average molecular weight is 345 g/mol. The lowest BCUT2D eigenvalue weighted by Gasteiger charge is -2.10. The summed E-state index contributed by atoms with van der Waals surface area (Å²) in [6, 6.07) is 22.4. The Hall–Kier alpha value is -2.86. The van der Waals surface area contributed by atoms with E-state index in [1.807, 2.05) is 74.5 Å². The van der Waals surface area contributed by atoms with Gasteiger partial charge in [0.2, 0.25) is 0 Å². The number of hydrogen-bond acceptors (Lipinski definition) is 3. The van der Waals surface area contributed by atoms with E-state index in [4.69, 9.17) is 4.74 Å². The van der Waals surface area contributed by atoms with Crippen LogP contribution in [0.3, 0.4) is 0 Å². The highest BCUT2D eigenvalue weighted by atomic mass is 16.5. The zero-order chi connectivity index (χ0) is 18.8. The zero-order valence-electron chi connectivity index (χ0n) is 15.4. The molecule has 2 unspecified atom stereocenters. The Kier molecular flexibility index (Phi) is 4.70. The molecule has 0 radical (unpaired) electrons. The lowest BCUT2D eigenvalue weighted by molar-refractivity contribution is -0.148. The number of hydrogen-bond donors (Lipinski definition) is 0. The summed E-state index contributed by atoms with van der Waals surface area (Å²) in [6.07, 6.45) is 2.07. The van der Waals surface area contributed by atoms with E-state index in [0.29, 0.717) is 0 Å². The monoisotopic (exact) mass is 345 g/mol. The molecule has 0 aromatic heterocycles. The van der Waals surface area contributed by atoms with E-state index in [0.717, 1.165) is 16.7 Å². The van der Waals surface area contributed by atoms with Crippen LogP contribution in [-0.4, -0.2) is 12.6 Å². The molecule has 132 valence electrons. The normalized spacial score (nSPS) is 22.8. The molecule has 0 heterocycles. The first-order chi connectivity index (χ1) is 12.5. The number of rotatable bonds is 5. The van der Waals surface area contributed by atoms with Crippen LogP contribution >= 0.6 is 0 Å². The van der Waals surface area contributed by atoms with E-state index in [9.17, 15) is 10.1 Å².